The number of benzene rings is 2. The quantitative estimate of drug-likeness (QED) is 0.898. The molecule has 3 fully saturated rings. The molecule has 2 aromatic rings. The first-order chi connectivity index (χ1) is 11.8. The standard InChI is InChI=1S/C22H27NO/c24-22(20-7-3-1-4-8-20,21-9-5-2-6-10-21)14-11-19-17-23-15-12-18(19)13-16-23/h1-10,18-19,24H,11-17H2. The van der Waals surface area contributed by atoms with Gasteiger partial charge < -0.3 is 10.0 Å². The van der Waals surface area contributed by atoms with E-state index in [0.717, 1.165) is 35.8 Å². The molecule has 1 atom stereocenters. The maximum Gasteiger partial charge on any atom is 0.115 e. The van der Waals surface area contributed by atoms with E-state index < -0.39 is 5.60 Å². The Hall–Kier alpha value is -1.64. The van der Waals surface area contributed by atoms with Crippen molar-refractivity contribution in [1.29, 1.82) is 0 Å². The van der Waals surface area contributed by atoms with Crippen LogP contribution in [-0.2, 0) is 5.60 Å². The molecular formula is C22H27NO. The van der Waals surface area contributed by atoms with Gasteiger partial charge in [-0.15, -0.1) is 0 Å². The van der Waals surface area contributed by atoms with E-state index in [0.29, 0.717) is 0 Å². The second-order valence-electron chi connectivity index (χ2n) is 7.53. The average molecular weight is 321 g/mol. The van der Waals surface area contributed by atoms with Gasteiger partial charge in [-0.3, -0.25) is 0 Å². The van der Waals surface area contributed by atoms with Crippen molar-refractivity contribution in [1.82, 2.24) is 4.90 Å². The first-order valence-corrected chi connectivity index (χ1v) is 9.31. The molecule has 24 heavy (non-hydrogen) atoms. The summed E-state index contributed by atoms with van der Waals surface area (Å²) in [7, 11) is 0. The molecule has 0 aliphatic carbocycles. The first-order valence-electron chi connectivity index (χ1n) is 9.31. The van der Waals surface area contributed by atoms with Crippen molar-refractivity contribution in [3.8, 4) is 0 Å². The Morgan fingerprint density at radius 2 is 1.42 bits per heavy atom. The van der Waals surface area contributed by atoms with Crippen molar-refractivity contribution in [3.05, 3.63) is 71.8 Å². The molecule has 2 nitrogen and oxygen atoms in total. The molecule has 0 saturated carbocycles. The maximum atomic E-state index is 11.6. The zero-order valence-electron chi connectivity index (χ0n) is 14.3. The zero-order valence-corrected chi connectivity index (χ0v) is 14.3. The number of piperidine rings is 3. The molecule has 3 aliphatic rings. The number of fused-ring (bicyclic) bond motifs is 3. The van der Waals surface area contributed by atoms with E-state index in [4.69, 9.17) is 0 Å². The topological polar surface area (TPSA) is 23.5 Å². The molecule has 2 bridgehead atoms. The van der Waals surface area contributed by atoms with E-state index in [9.17, 15) is 5.11 Å². The van der Waals surface area contributed by atoms with Crippen LogP contribution in [0.2, 0.25) is 0 Å². The van der Waals surface area contributed by atoms with Gasteiger partial charge in [-0.05, 0) is 61.7 Å². The molecule has 0 spiro atoms. The molecule has 1 unspecified atom stereocenters. The van der Waals surface area contributed by atoms with Crippen LogP contribution in [-0.4, -0.2) is 29.6 Å². The van der Waals surface area contributed by atoms with E-state index in [1.165, 1.54) is 32.5 Å². The van der Waals surface area contributed by atoms with Crippen molar-refractivity contribution in [2.45, 2.75) is 31.3 Å². The van der Waals surface area contributed by atoms with E-state index in [-0.39, 0.29) is 0 Å². The highest BCUT2D eigenvalue weighted by molar-refractivity contribution is 5.35. The van der Waals surface area contributed by atoms with Gasteiger partial charge in [0.1, 0.15) is 5.60 Å². The Balaban J connectivity index is 1.57. The molecule has 1 N–H and O–H groups in total. The van der Waals surface area contributed by atoms with Crippen LogP contribution in [0, 0.1) is 11.8 Å². The number of aliphatic hydroxyl groups is 1. The lowest BCUT2D eigenvalue weighted by Gasteiger charge is -2.45. The van der Waals surface area contributed by atoms with Crippen LogP contribution in [0.15, 0.2) is 60.7 Å². The summed E-state index contributed by atoms with van der Waals surface area (Å²) in [5, 5.41) is 11.6. The summed E-state index contributed by atoms with van der Waals surface area (Å²) in [4.78, 5) is 2.61. The van der Waals surface area contributed by atoms with Gasteiger partial charge in [-0.25, -0.2) is 0 Å². The molecule has 0 aromatic heterocycles. The van der Waals surface area contributed by atoms with Gasteiger partial charge in [0.2, 0.25) is 0 Å². The van der Waals surface area contributed by atoms with Gasteiger partial charge in [-0.2, -0.15) is 0 Å². The van der Waals surface area contributed by atoms with Crippen LogP contribution in [0.25, 0.3) is 0 Å². The highest BCUT2D eigenvalue weighted by atomic mass is 16.3. The van der Waals surface area contributed by atoms with Gasteiger partial charge in [0, 0.05) is 6.54 Å². The lowest BCUT2D eigenvalue weighted by molar-refractivity contribution is 0.0182. The van der Waals surface area contributed by atoms with Crippen LogP contribution < -0.4 is 0 Å². The molecule has 3 aliphatic heterocycles. The second kappa shape index (κ2) is 6.70. The maximum absolute atomic E-state index is 11.6. The summed E-state index contributed by atoms with van der Waals surface area (Å²) in [6, 6.07) is 20.4. The predicted octanol–water partition coefficient (Wildman–Crippen LogP) is 4.04. The fraction of sp³-hybridized carbons (Fsp3) is 0.455. The Labute approximate surface area is 145 Å². The molecule has 5 rings (SSSR count). The van der Waals surface area contributed by atoms with Gasteiger partial charge >= 0.3 is 0 Å². The normalized spacial score (nSPS) is 26.5. The molecule has 0 amide bonds. The van der Waals surface area contributed by atoms with Crippen LogP contribution in [0.5, 0.6) is 0 Å². The lowest BCUT2D eigenvalue weighted by Crippen LogP contribution is -2.47. The summed E-state index contributed by atoms with van der Waals surface area (Å²) < 4.78 is 0. The number of hydrogen-bond acceptors (Lipinski definition) is 2. The average Bonchev–Trinajstić information content (AvgIpc) is 2.68. The lowest BCUT2D eigenvalue weighted by atomic mass is 9.73. The molecular weight excluding hydrogens is 294 g/mol. The number of nitrogens with zero attached hydrogens (tertiary/aromatic N) is 1. The van der Waals surface area contributed by atoms with Crippen molar-refractivity contribution in [3.63, 3.8) is 0 Å². The second-order valence-corrected chi connectivity index (χ2v) is 7.53. The number of rotatable bonds is 5. The fourth-order valence-electron chi connectivity index (χ4n) is 4.69. The van der Waals surface area contributed by atoms with Crippen LogP contribution >= 0.6 is 0 Å². The van der Waals surface area contributed by atoms with Gasteiger partial charge in [0.15, 0.2) is 0 Å². The van der Waals surface area contributed by atoms with Crippen molar-refractivity contribution in [2.75, 3.05) is 19.6 Å². The van der Waals surface area contributed by atoms with Crippen molar-refractivity contribution >= 4 is 0 Å². The van der Waals surface area contributed by atoms with E-state index >= 15 is 0 Å². The highest BCUT2D eigenvalue weighted by Gasteiger charge is 2.37. The summed E-state index contributed by atoms with van der Waals surface area (Å²) >= 11 is 0. The summed E-state index contributed by atoms with van der Waals surface area (Å²) in [6.07, 6.45) is 4.59. The molecule has 2 aromatic carbocycles. The minimum absolute atomic E-state index is 0.742. The van der Waals surface area contributed by atoms with Crippen molar-refractivity contribution in [2.24, 2.45) is 11.8 Å². The van der Waals surface area contributed by atoms with Crippen LogP contribution in [0.4, 0.5) is 0 Å². The highest BCUT2D eigenvalue weighted by Crippen LogP contribution is 2.40. The summed E-state index contributed by atoms with van der Waals surface area (Å²) in [5.74, 6) is 1.61. The van der Waals surface area contributed by atoms with Gasteiger partial charge in [0.25, 0.3) is 0 Å². The molecule has 0 radical (unpaired) electrons. The van der Waals surface area contributed by atoms with Gasteiger partial charge in [-0.1, -0.05) is 60.7 Å². The first kappa shape index (κ1) is 15.9. The molecule has 126 valence electrons. The Morgan fingerprint density at radius 1 is 0.875 bits per heavy atom. The third kappa shape index (κ3) is 3.01. The van der Waals surface area contributed by atoms with Gasteiger partial charge in [0.05, 0.1) is 0 Å². The molecule has 3 heterocycles. The minimum atomic E-state index is -0.880. The fourth-order valence-corrected chi connectivity index (χ4v) is 4.69. The third-order valence-corrected chi connectivity index (χ3v) is 6.17. The third-order valence-electron chi connectivity index (χ3n) is 6.17. The summed E-state index contributed by atoms with van der Waals surface area (Å²) in [6.45, 7) is 3.79. The number of hydrogen-bond donors (Lipinski definition) is 1. The van der Waals surface area contributed by atoms with Crippen LogP contribution in [0.3, 0.4) is 0 Å². The summed E-state index contributed by atoms with van der Waals surface area (Å²) in [5.41, 5.74) is 1.14. The molecule has 3 saturated heterocycles. The predicted molar refractivity (Wildman–Crippen MR) is 97.8 cm³/mol. The van der Waals surface area contributed by atoms with Crippen molar-refractivity contribution < 1.29 is 5.11 Å². The van der Waals surface area contributed by atoms with E-state index in [1.54, 1.807) is 0 Å². The Bertz CT molecular complexity index is 607. The zero-order chi connectivity index (χ0) is 16.4. The van der Waals surface area contributed by atoms with E-state index in [1.807, 2.05) is 36.4 Å². The van der Waals surface area contributed by atoms with Crippen LogP contribution in [0.1, 0.15) is 36.8 Å². The Kier molecular flexibility index (Phi) is 4.43. The smallest absolute Gasteiger partial charge is 0.115 e. The largest absolute Gasteiger partial charge is 0.380 e. The molecule has 2 heteroatoms. The Morgan fingerprint density at radius 3 is 1.88 bits per heavy atom. The monoisotopic (exact) mass is 321 g/mol. The SMILES string of the molecule is OC(CCC1CN2CCC1CC2)(c1ccccc1)c1ccccc1. The minimum Gasteiger partial charge on any atom is -0.380 e. The van der Waals surface area contributed by atoms with E-state index in [2.05, 4.69) is 29.2 Å².